The molecule has 0 saturated carbocycles. The molecule has 1 aromatic rings. The summed E-state index contributed by atoms with van der Waals surface area (Å²) in [7, 11) is 0. The SMILES string of the molecule is Cc1cccc(N2CCN(C(=O)CN3C[C@@H]4CCCN4C[C@H]3C)CC2)c1. The molecular formula is C21H32N4O. The Labute approximate surface area is 157 Å². The van der Waals surface area contributed by atoms with E-state index in [4.69, 9.17) is 0 Å². The van der Waals surface area contributed by atoms with E-state index in [9.17, 15) is 4.79 Å². The standard InChI is InChI=1S/C21H32N4O/c1-17-5-3-6-19(13-17)22-9-11-23(12-10-22)21(26)16-25-15-20-7-4-8-24(20)14-18(25)2/h3,5-6,13,18,20H,4,7-12,14-16H2,1-2H3/t18-,20+/m1/s1. The molecular weight excluding hydrogens is 324 g/mol. The van der Waals surface area contributed by atoms with Gasteiger partial charge in [0.25, 0.3) is 0 Å². The van der Waals surface area contributed by atoms with Crippen molar-refractivity contribution in [3.8, 4) is 0 Å². The van der Waals surface area contributed by atoms with Gasteiger partial charge in [-0.2, -0.15) is 0 Å². The second kappa shape index (κ2) is 7.57. The van der Waals surface area contributed by atoms with E-state index in [2.05, 4.69) is 57.7 Å². The van der Waals surface area contributed by atoms with Gasteiger partial charge >= 0.3 is 0 Å². The van der Waals surface area contributed by atoms with Crippen LogP contribution in [0.5, 0.6) is 0 Å². The third-order valence-corrected chi connectivity index (χ3v) is 6.40. The molecule has 5 nitrogen and oxygen atoms in total. The third-order valence-electron chi connectivity index (χ3n) is 6.40. The lowest BCUT2D eigenvalue weighted by molar-refractivity contribution is -0.134. The lowest BCUT2D eigenvalue weighted by Crippen LogP contribution is -2.58. The fourth-order valence-electron chi connectivity index (χ4n) is 4.78. The van der Waals surface area contributed by atoms with Crippen molar-refractivity contribution in [2.24, 2.45) is 0 Å². The lowest BCUT2D eigenvalue weighted by atomic mass is 10.1. The molecule has 0 bridgehead atoms. The summed E-state index contributed by atoms with van der Waals surface area (Å²) < 4.78 is 0. The van der Waals surface area contributed by atoms with Crippen molar-refractivity contribution in [3.63, 3.8) is 0 Å². The number of nitrogens with zero attached hydrogens (tertiary/aromatic N) is 4. The highest BCUT2D eigenvalue weighted by molar-refractivity contribution is 5.78. The first-order valence-electron chi connectivity index (χ1n) is 10.2. The first-order chi connectivity index (χ1) is 12.6. The van der Waals surface area contributed by atoms with Crippen LogP contribution in [0.2, 0.25) is 0 Å². The fraction of sp³-hybridized carbons (Fsp3) is 0.667. The van der Waals surface area contributed by atoms with E-state index in [1.807, 2.05) is 0 Å². The van der Waals surface area contributed by atoms with E-state index >= 15 is 0 Å². The van der Waals surface area contributed by atoms with Crippen LogP contribution in [0.4, 0.5) is 5.69 Å². The minimum Gasteiger partial charge on any atom is -0.368 e. The Hall–Kier alpha value is -1.59. The van der Waals surface area contributed by atoms with E-state index in [0.717, 1.165) is 39.3 Å². The Morgan fingerprint density at radius 2 is 1.92 bits per heavy atom. The molecule has 1 aromatic carbocycles. The van der Waals surface area contributed by atoms with Gasteiger partial charge in [-0.25, -0.2) is 0 Å². The summed E-state index contributed by atoms with van der Waals surface area (Å²) in [4.78, 5) is 22.4. The smallest absolute Gasteiger partial charge is 0.236 e. The summed E-state index contributed by atoms with van der Waals surface area (Å²) in [5.41, 5.74) is 2.57. The van der Waals surface area contributed by atoms with E-state index in [1.165, 1.54) is 30.6 Å². The average molecular weight is 357 g/mol. The number of carbonyl (C=O) groups is 1. The van der Waals surface area contributed by atoms with Crippen LogP contribution in [0.3, 0.4) is 0 Å². The summed E-state index contributed by atoms with van der Waals surface area (Å²) in [5, 5.41) is 0. The molecule has 3 fully saturated rings. The van der Waals surface area contributed by atoms with E-state index < -0.39 is 0 Å². The first-order valence-corrected chi connectivity index (χ1v) is 10.2. The third kappa shape index (κ3) is 3.74. The van der Waals surface area contributed by atoms with Gasteiger partial charge in [-0.1, -0.05) is 12.1 Å². The predicted octanol–water partition coefficient (Wildman–Crippen LogP) is 1.81. The number of hydrogen-bond acceptors (Lipinski definition) is 4. The number of rotatable bonds is 3. The Bertz CT molecular complexity index is 641. The lowest BCUT2D eigenvalue weighted by Gasteiger charge is -2.43. The first kappa shape index (κ1) is 17.8. The van der Waals surface area contributed by atoms with E-state index in [1.54, 1.807) is 0 Å². The van der Waals surface area contributed by atoms with Crippen molar-refractivity contribution < 1.29 is 4.79 Å². The number of fused-ring (bicyclic) bond motifs is 1. The van der Waals surface area contributed by atoms with Crippen molar-refractivity contribution in [1.29, 1.82) is 0 Å². The molecule has 3 saturated heterocycles. The highest BCUT2D eigenvalue weighted by atomic mass is 16.2. The molecule has 0 unspecified atom stereocenters. The van der Waals surface area contributed by atoms with Gasteiger partial charge in [-0.15, -0.1) is 0 Å². The van der Waals surface area contributed by atoms with Crippen molar-refractivity contribution in [1.82, 2.24) is 14.7 Å². The summed E-state index contributed by atoms with van der Waals surface area (Å²) in [6.45, 7) is 12.0. The average Bonchev–Trinajstić information content (AvgIpc) is 3.09. The minimum absolute atomic E-state index is 0.312. The van der Waals surface area contributed by atoms with Gasteiger partial charge < -0.3 is 9.80 Å². The number of aryl methyl sites for hydroxylation is 1. The molecule has 142 valence electrons. The zero-order valence-electron chi connectivity index (χ0n) is 16.2. The Kier molecular flexibility index (Phi) is 5.18. The van der Waals surface area contributed by atoms with Crippen LogP contribution in [0.15, 0.2) is 24.3 Å². The van der Waals surface area contributed by atoms with Gasteiger partial charge in [0, 0.05) is 57.0 Å². The number of amides is 1. The topological polar surface area (TPSA) is 30.0 Å². The molecule has 0 spiro atoms. The molecule has 0 N–H and O–H groups in total. The predicted molar refractivity (Wildman–Crippen MR) is 106 cm³/mol. The quantitative estimate of drug-likeness (QED) is 0.826. The molecule has 0 aromatic heterocycles. The van der Waals surface area contributed by atoms with Gasteiger partial charge in [-0.3, -0.25) is 14.6 Å². The maximum absolute atomic E-state index is 12.9. The maximum Gasteiger partial charge on any atom is 0.236 e. The number of piperazine rings is 2. The molecule has 0 aliphatic carbocycles. The van der Waals surface area contributed by atoms with Gasteiger partial charge in [-0.05, 0) is 50.9 Å². The number of hydrogen-bond donors (Lipinski definition) is 0. The second-order valence-corrected chi connectivity index (χ2v) is 8.28. The number of anilines is 1. The van der Waals surface area contributed by atoms with E-state index in [-0.39, 0.29) is 0 Å². The highest BCUT2D eigenvalue weighted by Crippen LogP contribution is 2.24. The molecule has 5 heteroatoms. The summed E-state index contributed by atoms with van der Waals surface area (Å²) in [6.07, 6.45) is 2.62. The minimum atomic E-state index is 0.312. The second-order valence-electron chi connectivity index (χ2n) is 8.28. The Morgan fingerprint density at radius 1 is 1.12 bits per heavy atom. The van der Waals surface area contributed by atoms with E-state index in [0.29, 0.717) is 24.5 Å². The summed E-state index contributed by atoms with van der Waals surface area (Å²) in [6, 6.07) is 9.83. The number of benzene rings is 1. The maximum atomic E-state index is 12.9. The molecule has 1 amide bonds. The molecule has 26 heavy (non-hydrogen) atoms. The summed E-state index contributed by atoms with van der Waals surface area (Å²) >= 11 is 0. The molecule has 2 atom stereocenters. The number of carbonyl (C=O) groups excluding carboxylic acids is 1. The fourth-order valence-corrected chi connectivity index (χ4v) is 4.78. The molecule has 4 rings (SSSR count). The molecule has 0 radical (unpaired) electrons. The van der Waals surface area contributed by atoms with Gasteiger partial charge in [0.1, 0.15) is 0 Å². The van der Waals surface area contributed by atoms with Crippen molar-refractivity contribution in [2.75, 3.05) is 57.3 Å². The van der Waals surface area contributed by atoms with Crippen LogP contribution in [0.1, 0.15) is 25.3 Å². The largest absolute Gasteiger partial charge is 0.368 e. The van der Waals surface area contributed by atoms with Crippen molar-refractivity contribution in [3.05, 3.63) is 29.8 Å². The van der Waals surface area contributed by atoms with Crippen LogP contribution >= 0.6 is 0 Å². The van der Waals surface area contributed by atoms with Gasteiger partial charge in [0.15, 0.2) is 0 Å². The highest BCUT2D eigenvalue weighted by Gasteiger charge is 2.35. The molecule has 3 heterocycles. The van der Waals surface area contributed by atoms with Crippen LogP contribution in [-0.2, 0) is 4.79 Å². The van der Waals surface area contributed by atoms with Crippen molar-refractivity contribution in [2.45, 2.75) is 38.8 Å². The molecule has 3 aliphatic rings. The normalized spacial score (nSPS) is 27.6. The monoisotopic (exact) mass is 356 g/mol. The summed E-state index contributed by atoms with van der Waals surface area (Å²) in [5.74, 6) is 0.312. The van der Waals surface area contributed by atoms with Gasteiger partial charge in [0.05, 0.1) is 6.54 Å². The van der Waals surface area contributed by atoms with Gasteiger partial charge in [0.2, 0.25) is 5.91 Å². The Balaban J connectivity index is 1.29. The van der Waals surface area contributed by atoms with Crippen LogP contribution in [-0.4, -0.2) is 85.0 Å². The van der Waals surface area contributed by atoms with Crippen LogP contribution in [0.25, 0.3) is 0 Å². The molecule has 3 aliphatic heterocycles. The van der Waals surface area contributed by atoms with Crippen molar-refractivity contribution >= 4 is 11.6 Å². The zero-order valence-corrected chi connectivity index (χ0v) is 16.2. The van der Waals surface area contributed by atoms with Crippen LogP contribution < -0.4 is 4.90 Å². The zero-order chi connectivity index (χ0) is 18.1. The van der Waals surface area contributed by atoms with Crippen LogP contribution in [0, 0.1) is 6.92 Å². The Morgan fingerprint density at radius 3 is 2.69 bits per heavy atom.